The Bertz CT molecular complexity index is 975. The summed E-state index contributed by atoms with van der Waals surface area (Å²) in [5.74, 6) is 0. The Morgan fingerprint density at radius 3 is 1.41 bits per heavy atom. The van der Waals surface area contributed by atoms with Gasteiger partial charge in [-0.3, -0.25) is 0 Å². The van der Waals surface area contributed by atoms with E-state index in [1.807, 2.05) is 57.2 Å². The van der Waals surface area contributed by atoms with Crippen LogP contribution in [-0.4, -0.2) is 16.5 Å². The van der Waals surface area contributed by atoms with E-state index in [0.717, 1.165) is 22.3 Å². The minimum Gasteiger partial charge on any atom is -0.673 e. The summed E-state index contributed by atoms with van der Waals surface area (Å²) in [6, 6.07) is 34.9. The van der Waals surface area contributed by atoms with Crippen LogP contribution in [0.3, 0.4) is 0 Å². The molecule has 0 unspecified atom stereocenters. The molecule has 0 aliphatic rings. The molecule has 1 N–H and O–H groups in total. The fourth-order valence-corrected chi connectivity index (χ4v) is 2.70. The molecule has 1 nitrogen and oxygen atoms in total. The maximum absolute atomic E-state index is 6.94. The molecule has 34 heavy (non-hydrogen) atoms. The summed E-state index contributed by atoms with van der Waals surface area (Å²) in [7, 11) is 0. The zero-order chi connectivity index (χ0) is 22.0. The predicted octanol–water partition coefficient (Wildman–Crippen LogP) is 9.33. The van der Waals surface area contributed by atoms with Crippen molar-refractivity contribution in [2.75, 3.05) is 0 Å². The number of benzene rings is 3. The normalized spacial score (nSPS) is 9.06. The van der Waals surface area contributed by atoms with Crippen LogP contribution in [0, 0.1) is 14.9 Å². The van der Waals surface area contributed by atoms with Crippen LogP contribution in [0.4, 0.5) is 0 Å². The number of hydrogen-bond acceptors (Lipinski definition) is 0. The van der Waals surface area contributed by atoms with E-state index >= 15 is 0 Å². The SMILES string of the molecule is C=C(C(=C)c1ccccc1)c1ccccc1.CC(C)(C)[NH-].[CH3-].[CH3-].[Si].[Ti+4].c1ccc2[cH-]ccc2c1. The Morgan fingerprint density at radius 1 is 0.676 bits per heavy atom. The number of hydrogen-bond donors (Lipinski definition) is 0. The molecule has 4 aromatic carbocycles. The monoisotopic (exact) mass is 499 g/mol. The van der Waals surface area contributed by atoms with Crippen LogP contribution in [0.2, 0.25) is 0 Å². The molecule has 4 aromatic rings. The summed E-state index contributed by atoms with van der Waals surface area (Å²) in [6.45, 7) is 13.8. The van der Waals surface area contributed by atoms with Crippen LogP contribution >= 0.6 is 0 Å². The first-order chi connectivity index (χ1) is 14.3. The molecule has 4 radical (unpaired) electrons. The zero-order valence-electron chi connectivity index (χ0n) is 21.2. The predicted molar refractivity (Wildman–Crippen MR) is 153 cm³/mol. The van der Waals surface area contributed by atoms with E-state index in [2.05, 4.69) is 79.9 Å². The molecule has 0 saturated carbocycles. The zero-order valence-corrected chi connectivity index (χ0v) is 23.8. The summed E-state index contributed by atoms with van der Waals surface area (Å²) in [4.78, 5) is 0. The van der Waals surface area contributed by atoms with Crippen molar-refractivity contribution in [1.29, 1.82) is 0 Å². The molecule has 0 atom stereocenters. The van der Waals surface area contributed by atoms with E-state index in [1.54, 1.807) is 0 Å². The number of nitrogens with one attached hydrogen (secondary N) is 1. The minimum atomic E-state index is -0.250. The van der Waals surface area contributed by atoms with E-state index in [1.165, 1.54) is 10.8 Å². The van der Waals surface area contributed by atoms with Gasteiger partial charge in [0.25, 0.3) is 0 Å². The molecule has 0 aromatic heterocycles. The summed E-state index contributed by atoms with van der Waals surface area (Å²) < 4.78 is 0. The molecule has 0 bridgehead atoms. The van der Waals surface area contributed by atoms with E-state index in [4.69, 9.17) is 5.73 Å². The first-order valence-electron chi connectivity index (χ1n) is 10.1. The third-order valence-electron chi connectivity index (χ3n) is 4.16. The first kappa shape index (κ1) is 36.2. The van der Waals surface area contributed by atoms with Crippen LogP contribution in [0.15, 0.2) is 116 Å². The molecular formula is C31H37NSiTi. The van der Waals surface area contributed by atoms with Crippen LogP contribution in [0.25, 0.3) is 27.7 Å². The Kier molecular flexibility index (Phi) is 19.2. The molecule has 174 valence electrons. The maximum Gasteiger partial charge on any atom is 4.00 e. The van der Waals surface area contributed by atoms with Gasteiger partial charge in [0.2, 0.25) is 0 Å². The van der Waals surface area contributed by atoms with Crippen LogP contribution < -0.4 is 0 Å². The van der Waals surface area contributed by atoms with Gasteiger partial charge in [-0.15, -0.1) is 35.2 Å². The van der Waals surface area contributed by atoms with E-state index < -0.39 is 0 Å². The maximum atomic E-state index is 6.94. The van der Waals surface area contributed by atoms with Gasteiger partial charge in [-0.2, -0.15) is 17.5 Å². The summed E-state index contributed by atoms with van der Waals surface area (Å²) >= 11 is 0. The molecule has 0 spiro atoms. The van der Waals surface area contributed by atoms with Gasteiger partial charge >= 0.3 is 21.7 Å². The van der Waals surface area contributed by atoms with Gasteiger partial charge in [-0.05, 0) is 22.3 Å². The van der Waals surface area contributed by atoms with E-state index in [-0.39, 0.29) is 53.1 Å². The second kappa shape index (κ2) is 18.0. The van der Waals surface area contributed by atoms with Crippen molar-refractivity contribution in [2.24, 2.45) is 0 Å². The van der Waals surface area contributed by atoms with Crippen molar-refractivity contribution in [2.45, 2.75) is 26.3 Å². The molecule has 0 aliphatic carbocycles. The van der Waals surface area contributed by atoms with Crippen molar-refractivity contribution in [3.05, 3.63) is 148 Å². The molecular weight excluding hydrogens is 462 g/mol. The Morgan fingerprint density at radius 2 is 1.03 bits per heavy atom. The molecule has 0 heterocycles. The van der Waals surface area contributed by atoms with E-state index in [0.29, 0.717) is 0 Å². The molecule has 0 amide bonds. The van der Waals surface area contributed by atoms with Gasteiger partial charge in [0.15, 0.2) is 0 Å². The fourth-order valence-electron chi connectivity index (χ4n) is 2.70. The van der Waals surface area contributed by atoms with Gasteiger partial charge in [0.05, 0.1) is 0 Å². The minimum absolute atomic E-state index is 0. The third-order valence-corrected chi connectivity index (χ3v) is 4.16. The number of rotatable bonds is 3. The molecule has 4 rings (SSSR count). The van der Waals surface area contributed by atoms with Crippen LogP contribution in [0.5, 0.6) is 0 Å². The number of allylic oxidation sites excluding steroid dienone is 2. The smallest absolute Gasteiger partial charge is 0.673 e. The summed E-state index contributed by atoms with van der Waals surface area (Å²) in [5.41, 5.74) is 10.9. The van der Waals surface area contributed by atoms with Gasteiger partial charge in [0, 0.05) is 11.0 Å². The molecule has 0 saturated heterocycles. The van der Waals surface area contributed by atoms with Crippen LogP contribution in [0.1, 0.15) is 31.9 Å². The first-order valence-corrected chi connectivity index (χ1v) is 10.1. The molecule has 0 fully saturated rings. The van der Waals surface area contributed by atoms with E-state index in [9.17, 15) is 0 Å². The number of fused-ring (bicyclic) bond motifs is 1. The second-order valence-electron chi connectivity index (χ2n) is 8.09. The Labute approximate surface area is 228 Å². The average molecular weight is 500 g/mol. The van der Waals surface area contributed by atoms with Gasteiger partial charge < -0.3 is 20.6 Å². The quantitative estimate of drug-likeness (QED) is 0.152. The van der Waals surface area contributed by atoms with Crippen molar-refractivity contribution >= 4 is 32.9 Å². The Balaban J connectivity index is -0.000000460. The van der Waals surface area contributed by atoms with Crippen molar-refractivity contribution in [3.63, 3.8) is 0 Å². The Hall–Kier alpha value is -2.36. The molecule has 3 heteroatoms. The largest absolute Gasteiger partial charge is 4.00 e. The topological polar surface area (TPSA) is 23.8 Å². The van der Waals surface area contributed by atoms with Gasteiger partial charge in [-0.1, -0.05) is 101 Å². The summed E-state index contributed by atoms with van der Waals surface area (Å²) in [6.07, 6.45) is 0. The summed E-state index contributed by atoms with van der Waals surface area (Å²) in [5, 5.41) is 2.66. The molecule has 0 aliphatic heterocycles. The average Bonchev–Trinajstić information content (AvgIpc) is 3.22. The van der Waals surface area contributed by atoms with Crippen molar-refractivity contribution in [1.82, 2.24) is 0 Å². The van der Waals surface area contributed by atoms with Crippen molar-refractivity contribution < 1.29 is 21.7 Å². The standard InChI is InChI=1S/C16H14.C9H7.C4H10N.2CH3.Si.Ti/c1-13(15-9-5-3-6-10-15)14(2)16-11-7-4-8-12-16;1-2-5-9-7-3-6-8(9)4-1;1-4(2,3)5;;;;/h3-12H,1-2H2;1-7H;5H,1-3H3;2*1H3;;/q;4*-1;;+4. The third kappa shape index (κ3) is 13.4. The van der Waals surface area contributed by atoms with Crippen LogP contribution in [-0.2, 0) is 21.7 Å². The van der Waals surface area contributed by atoms with Gasteiger partial charge in [-0.25, -0.2) is 0 Å². The van der Waals surface area contributed by atoms with Crippen molar-refractivity contribution in [3.8, 4) is 0 Å². The fraction of sp³-hybridized carbons (Fsp3) is 0.129. The second-order valence-corrected chi connectivity index (χ2v) is 8.09. The van der Waals surface area contributed by atoms with Gasteiger partial charge in [0.1, 0.15) is 0 Å².